The van der Waals surface area contributed by atoms with Crippen LogP contribution in [0.5, 0.6) is 0 Å². The smallest absolute Gasteiger partial charge is 0.136 e. The lowest BCUT2D eigenvalue weighted by Gasteiger charge is -2.06. The number of hydrogen-bond acceptors (Lipinski definition) is 2. The van der Waals surface area contributed by atoms with Crippen molar-refractivity contribution < 1.29 is 0 Å². The van der Waals surface area contributed by atoms with E-state index in [-0.39, 0.29) is 5.57 Å². The third-order valence-electron chi connectivity index (χ3n) is 4.30. The van der Waals surface area contributed by atoms with Gasteiger partial charge in [-0.1, -0.05) is 48.6 Å². The first-order valence-corrected chi connectivity index (χ1v) is 7.66. The highest BCUT2D eigenvalue weighted by molar-refractivity contribution is 6.00. The SMILES string of the molecule is N#CC(C#N)=C1C=Cc2cc3cc4ccccc4cc3cc2C=C1. The zero-order valence-corrected chi connectivity index (χ0v) is 12.8. The molecule has 1 aliphatic carbocycles. The molecule has 0 N–H and O–H groups in total. The Hall–Kier alpha value is -3.62. The molecule has 0 saturated carbocycles. The van der Waals surface area contributed by atoms with E-state index in [4.69, 9.17) is 10.5 Å². The van der Waals surface area contributed by atoms with E-state index in [2.05, 4.69) is 36.4 Å². The van der Waals surface area contributed by atoms with Gasteiger partial charge in [0.25, 0.3) is 0 Å². The Bertz CT molecular complexity index is 1070. The predicted molar refractivity (Wildman–Crippen MR) is 97.8 cm³/mol. The van der Waals surface area contributed by atoms with Gasteiger partial charge in [-0.2, -0.15) is 10.5 Å². The maximum Gasteiger partial charge on any atom is 0.136 e. The van der Waals surface area contributed by atoms with Crippen LogP contribution < -0.4 is 0 Å². The van der Waals surface area contributed by atoms with Crippen molar-refractivity contribution in [2.45, 2.75) is 0 Å². The number of benzene rings is 3. The Morgan fingerprint density at radius 1 is 0.625 bits per heavy atom. The third-order valence-corrected chi connectivity index (χ3v) is 4.30. The van der Waals surface area contributed by atoms with E-state index in [9.17, 15) is 0 Å². The lowest BCUT2D eigenvalue weighted by Crippen LogP contribution is -1.83. The number of hydrogen-bond donors (Lipinski definition) is 0. The van der Waals surface area contributed by atoms with Crippen molar-refractivity contribution in [1.82, 2.24) is 0 Å². The van der Waals surface area contributed by atoms with Gasteiger partial charge in [0.15, 0.2) is 0 Å². The molecule has 0 spiro atoms. The number of nitrogens with zero attached hydrogens (tertiary/aromatic N) is 2. The Labute approximate surface area is 139 Å². The summed E-state index contributed by atoms with van der Waals surface area (Å²) in [7, 11) is 0. The molecule has 4 rings (SSSR count). The normalized spacial score (nSPS) is 12.5. The van der Waals surface area contributed by atoms with Gasteiger partial charge in [0.05, 0.1) is 0 Å². The van der Waals surface area contributed by atoms with E-state index in [0.717, 1.165) is 11.1 Å². The van der Waals surface area contributed by atoms with Crippen LogP contribution in [0.25, 0.3) is 33.7 Å². The first-order valence-electron chi connectivity index (χ1n) is 7.66. The van der Waals surface area contributed by atoms with Crippen LogP contribution >= 0.6 is 0 Å². The van der Waals surface area contributed by atoms with Gasteiger partial charge in [-0.25, -0.2) is 0 Å². The number of rotatable bonds is 0. The van der Waals surface area contributed by atoms with Gasteiger partial charge in [0, 0.05) is 5.57 Å². The molecule has 3 aromatic rings. The molecule has 110 valence electrons. The molecular weight excluding hydrogens is 292 g/mol. The first-order chi connectivity index (χ1) is 11.8. The maximum absolute atomic E-state index is 9.05. The maximum atomic E-state index is 9.05. The lowest BCUT2D eigenvalue weighted by molar-refractivity contribution is 1.44. The highest BCUT2D eigenvalue weighted by Gasteiger charge is 2.07. The van der Waals surface area contributed by atoms with Crippen LogP contribution in [0.1, 0.15) is 11.1 Å². The summed E-state index contributed by atoms with van der Waals surface area (Å²) in [6, 6.07) is 20.9. The molecule has 2 heteroatoms. The summed E-state index contributed by atoms with van der Waals surface area (Å²) in [5, 5.41) is 22.9. The van der Waals surface area contributed by atoms with Crippen LogP contribution in [0.2, 0.25) is 0 Å². The zero-order chi connectivity index (χ0) is 16.5. The second-order valence-corrected chi connectivity index (χ2v) is 5.75. The molecule has 24 heavy (non-hydrogen) atoms. The number of nitriles is 2. The van der Waals surface area contributed by atoms with Crippen molar-refractivity contribution in [2.24, 2.45) is 0 Å². The monoisotopic (exact) mass is 304 g/mol. The van der Waals surface area contributed by atoms with E-state index in [0.29, 0.717) is 5.57 Å². The van der Waals surface area contributed by atoms with Gasteiger partial charge < -0.3 is 0 Å². The van der Waals surface area contributed by atoms with Crippen molar-refractivity contribution in [3.63, 3.8) is 0 Å². The molecule has 0 heterocycles. The molecule has 0 aliphatic heterocycles. The van der Waals surface area contributed by atoms with Crippen LogP contribution in [0.4, 0.5) is 0 Å². The molecular formula is C22H12N2. The molecule has 3 aromatic carbocycles. The minimum absolute atomic E-state index is 0.130. The Morgan fingerprint density at radius 3 is 1.58 bits per heavy atom. The van der Waals surface area contributed by atoms with E-state index in [1.54, 1.807) is 0 Å². The van der Waals surface area contributed by atoms with Crippen LogP contribution in [0, 0.1) is 22.7 Å². The van der Waals surface area contributed by atoms with Gasteiger partial charge in [-0.05, 0) is 56.9 Å². The fourth-order valence-corrected chi connectivity index (χ4v) is 3.05. The summed E-state index contributed by atoms with van der Waals surface area (Å²) >= 11 is 0. The van der Waals surface area contributed by atoms with E-state index < -0.39 is 0 Å². The molecule has 0 unspecified atom stereocenters. The topological polar surface area (TPSA) is 47.6 Å². The Morgan fingerprint density at radius 2 is 1.12 bits per heavy atom. The lowest BCUT2D eigenvalue weighted by atomic mass is 9.98. The zero-order valence-electron chi connectivity index (χ0n) is 12.8. The van der Waals surface area contributed by atoms with Crippen LogP contribution in [0.3, 0.4) is 0 Å². The predicted octanol–water partition coefficient (Wildman–Crippen LogP) is 5.38. The van der Waals surface area contributed by atoms with Gasteiger partial charge in [0.1, 0.15) is 17.7 Å². The van der Waals surface area contributed by atoms with Gasteiger partial charge in [0.2, 0.25) is 0 Å². The van der Waals surface area contributed by atoms with Crippen molar-refractivity contribution in [3.05, 3.63) is 83.0 Å². The average Bonchev–Trinajstić information content (AvgIpc) is 2.82. The van der Waals surface area contributed by atoms with E-state index in [1.165, 1.54) is 21.5 Å². The van der Waals surface area contributed by atoms with Crippen molar-refractivity contribution in [2.75, 3.05) is 0 Å². The van der Waals surface area contributed by atoms with Gasteiger partial charge in [-0.3, -0.25) is 0 Å². The quantitative estimate of drug-likeness (QED) is 0.413. The Kier molecular flexibility index (Phi) is 3.23. The molecule has 0 radical (unpaired) electrons. The summed E-state index contributed by atoms with van der Waals surface area (Å²) in [6.45, 7) is 0. The van der Waals surface area contributed by atoms with Crippen LogP contribution in [0.15, 0.2) is 71.8 Å². The standard InChI is InChI=1S/C22H12N2/c23-13-22(14-24)15-5-7-18-11-20-9-16-3-1-2-4-17(16)10-21(20)12-19(18)8-6-15/h1-12H. The average molecular weight is 304 g/mol. The Balaban J connectivity index is 1.95. The fraction of sp³-hybridized carbons (Fsp3) is 0. The number of allylic oxidation sites excluding steroid dienone is 4. The van der Waals surface area contributed by atoms with Gasteiger partial charge >= 0.3 is 0 Å². The second-order valence-electron chi connectivity index (χ2n) is 5.75. The molecule has 0 fully saturated rings. The summed E-state index contributed by atoms with van der Waals surface area (Å²) in [5.41, 5.74) is 2.94. The molecule has 1 aliphatic rings. The molecule has 0 amide bonds. The van der Waals surface area contributed by atoms with Crippen molar-refractivity contribution in [1.29, 1.82) is 10.5 Å². The first kappa shape index (κ1) is 14.0. The van der Waals surface area contributed by atoms with E-state index in [1.807, 2.05) is 48.6 Å². The molecule has 0 aromatic heterocycles. The largest absolute Gasteiger partial charge is 0.192 e. The summed E-state index contributed by atoms with van der Waals surface area (Å²) in [4.78, 5) is 0. The fourth-order valence-electron chi connectivity index (χ4n) is 3.05. The van der Waals surface area contributed by atoms with Gasteiger partial charge in [-0.15, -0.1) is 0 Å². The van der Waals surface area contributed by atoms with Crippen LogP contribution in [-0.4, -0.2) is 0 Å². The summed E-state index contributed by atoms with van der Waals surface area (Å²) in [6.07, 6.45) is 7.59. The minimum Gasteiger partial charge on any atom is -0.192 e. The third kappa shape index (κ3) is 2.28. The summed E-state index contributed by atoms with van der Waals surface area (Å²) in [5.74, 6) is 0. The molecule has 0 atom stereocenters. The molecule has 0 bridgehead atoms. The van der Waals surface area contributed by atoms with Crippen LogP contribution in [-0.2, 0) is 0 Å². The van der Waals surface area contributed by atoms with E-state index >= 15 is 0 Å². The minimum atomic E-state index is 0.130. The van der Waals surface area contributed by atoms with Crippen molar-refractivity contribution in [3.8, 4) is 12.1 Å². The molecule has 2 nitrogen and oxygen atoms in total. The second kappa shape index (κ2) is 5.54. The number of fused-ring (bicyclic) bond motifs is 3. The highest BCUT2D eigenvalue weighted by Crippen LogP contribution is 2.29. The van der Waals surface area contributed by atoms with Crippen molar-refractivity contribution >= 4 is 33.7 Å². The highest BCUT2D eigenvalue weighted by atomic mass is 14.3. The molecule has 0 saturated heterocycles. The summed E-state index contributed by atoms with van der Waals surface area (Å²) < 4.78 is 0.